The Hall–Kier alpha value is -1.99. The smallest absolute Gasteiger partial charge is 0.257 e. The van der Waals surface area contributed by atoms with Gasteiger partial charge in [-0.15, -0.1) is 0 Å². The standard InChI is InChI=1S/C17H22FN3O3/c1-24-12-4-5-21(11(7-12)9-19)17(23)13-6-10-2-3-16(22)20-15(10)8-14(13)18/h6,8,11-12H,2-5,7,9,19H2,1H3,(H,20,22). The van der Waals surface area contributed by atoms with E-state index < -0.39 is 5.82 Å². The van der Waals surface area contributed by atoms with Gasteiger partial charge >= 0.3 is 0 Å². The van der Waals surface area contributed by atoms with Crippen molar-refractivity contribution in [1.82, 2.24) is 4.90 Å². The lowest BCUT2D eigenvalue weighted by Gasteiger charge is -2.38. The number of benzene rings is 1. The first-order chi connectivity index (χ1) is 11.5. The highest BCUT2D eigenvalue weighted by Crippen LogP contribution is 2.28. The molecule has 0 radical (unpaired) electrons. The van der Waals surface area contributed by atoms with Crippen LogP contribution in [-0.2, 0) is 16.0 Å². The van der Waals surface area contributed by atoms with E-state index in [2.05, 4.69) is 5.32 Å². The molecule has 3 rings (SSSR count). The molecule has 2 amide bonds. The summed E-state index contributed by atoms with van der Waals surface area (Å²) in [6.45, 7) is 0.806. The third kappa shape index (κ3) is 3.14. The van der Waals surface area contributed by atoms with E-state index in [0.717, 1.165) is 5.56 Å². The third-order valence-corrected chi connectivity index (χ3v) is 4.85. The summed E-state index contributed by atoms with van der Waals surface area (Å²) in [4.78, 5) is 25.9. The fraction of sp³-hybridized carbons (Fsp3) is 0.529. The molecule has 0 spiro atoms. The van der Waals surface area contributed by atoms with Gasteiger partial charge < -0.3 is 20.7 Å². The van der Waals surface area contributed by atoms with Crippen molar-refractivity contribution in [2.24, 2.45) is 5.73 Å². The number of nitrogens with one attached hydrogen (secondary N) is 1. The minimum Gasteiger partial charge on any atom is -0.381 e. The Morgan fingerprint density at radius 2 is 2.25 bits per heavy atom. The molecule has 6 nitrogen and oxygen atoms in total. The summed E-state index contributed by atoms with van der Waals surface area (Å²) < 4.78 is 19.8. The second-order valence-electron chi connectivity index (χ2n) is 6.31. The Morgan fingerprint density at radius 3 is 2.96 bits per heavy atom. The maximum absolute atomic E-state index is 14.4. The maximum Gasteiger partial charge on any atom is 0.257 e. The number of nitrogens with two attached hydrogens (primary N) is 1. The fourth-order valence-electron chi connectivity index (χ4n) is 3.44. The molecule has 1 saturated heterocycles. The van der Waals surface area contributed by atoms with E-state index in [0.29, 0.717) is 44.5 Å². The number of amides is 2. The molecular formula is C17H22FN3O3. The molecule has 3 N–H and O–H groups in total. The van der Waals surface area contributed by atoms with Crippen molar-refractivity contribution >= 4 is 17.5 Å². The van der Waals surface area contributed by atoms with E-state index in [4.69, 9.17) is 10.5 Å². The minimum atomic E-state index is -0.620. The number of likely N-dealkylation sites (tertiary alicyclic amines) is 1. The van der Waals surface area contributed by atoms with Gasteiger partial charge in [0.05, 0.1) is 11.7 Å². The first kappa shape index (κ1) is 16.9. The van der Waals surface area contributed by atoms with E-state index in [9.17, 15) is 14.0 Å². The molecule has 1 fully saturated rings. The van der Waals surface area contributed by atoms with Crippen LogP contribution in [0.5, 0.6) is 0 Å². The van der Waals surface area contributed by atoms with Crippen molar-refractivity contribution in [3.63, 3.8) is 0 Å². The molecule has 0 bridgehead atoms. The van der Waals surface area contributed by atoms with Gasteiger partial charge in [-0.1, -0.05) is 0 Å². The SMILES string of the molecule is COC1CCN(C(=O)c2cc3c(cc2F)NC(=O)CC3)C(CN)C1. The van der Waals surface area contributed by atoms with Crippen LogP contribution >= 0.6 is 0 Å². The van der Waals surface area contributed by atoms with Gasteiger partial charge in [0, 0.05) is 38.3 Å². The van der Waals surface area contributed by atoms with Gasteiger partial charge in [0.1, 0.15) is 5.82 Å². The largest absolute Gasteiger partial charge is 0.381 e. The highest BCUT2D eigenvalue weighted by molar-refractivity contribution is 5.98. The molecule has 0 aliphatic carbocycles. The molecule has 2 aliphatic heterocycles. The zero-order valence-electron chi connectivity index (χ0n) is 13.7. The van der Waals surface area contributed by atoms with Crippen LogP contribution < -0.4 is 11.1 Å². The number of fused-ring (bicyclic) bond motifs is 1. The molecule has 2 heterocycles. The Morgan fingerprint density at radius 1 is 1.46 bits per heavy atom. The van der Waals surface area contributed by atoms with Crippen molar-refractivity contribution in [1.29, 1.82) is 0 Å². The van der Waals surface area contributed by atoms with Crippen molar-refractivity contribution in [2.45, 2.75) is 37.8 Å². The highest BCUT2D eigenvalue weighted by atomic mass is 19.1. The van der Waals surface area contributed by atoms with Gasteiger partial charge in [0.25, 0.3) is 5.91 Å². The number of rotatable bonds is 3. The second-order valence-corrected chi connectivity index (χ2v) is 6.31. The van der Waals surface area contributed by atoms with Crippen LogP contribution in [-0.4, -0.2) is 49.1 Å². The van der Waals surface area contributed by atoms with Crippen LogP contribution in [0.2, 0.25) is 0 Å². The zero-order valence-corrected chi connectivity index (χ0v) is 13.7. The molecular weight excluding hydrogens is 313 g/mol. The zero-order chi connectivity index (χ0) is 17.3. The number of aryl methyl sites for hydroxylation is 1. The number of carbonyl (C=O) groups excluding carboxylic acids is 2. The Balaban J connectivity index is 1.86. The van der Waals surface area contributed by atoms with Gasteiger partial charge in [0.15, 0.2) is 0 Å². The summed E-state index contributed by atoms with van der Waals surface area (Å²) in [5.41, 5.74) is 7.08. The molecule has 0 aromatic heterocycles. The van der Waals surface area contributed by atoms with Crippen LogP contribution in [0.25, 0.3) is 0 Å². The summed E-state index contributed by atoms with van der Waals surface area (Å²) in [5.74, 6) is -1.10. The molecule has 2 atom stereocenters. The number of nitrogens with zero attached hydrogens (tertiary/aromatic N) is 1. The van der Waals surface area contributed by atoms with E-state index in [1.54, 1.807) is 18.1 Å². The summed E-state index contributed by atoms with van der Waals surface area (Å²) >= 11 is 0. The van der Waals surface area contributed by atoms with Gasteiger partial charge in [-0.25, -0.2) is 4.39 Å². The Labute approximate surface area is 140 Å². The van der Waals surface area contributed by atoms with E-state index >= 15 is 0 Å². The van der Waals surface area contributed by atoms with Crippen molar-refractivity contribution in [3.8, 4) is 0 Å². The monoisotopic (exact) mass is 335 g/mol. The molecule has 1 aromatic rings. The van der Waals surface area contributed by atoms with Crippen molar-refractivity contribution in [2.75, 3.05) is 25.5 Å². The minimum absolute atomic E-state index is 0.0409. The predicted octanol–water partition coefficient (Wildman–Crippen LogP) is 1.29. The molecule has 24 heavy (non-hydrogen) atoms. The lowest BCUT2D eigenvalue weighted by molar-refractivity contribution is -0.116. The van der Waals surface area contributed by atoms with Gasteiger partial charge in [-0.05, 0) is 37.0 Å². The number of hydrogen-bond acceptors (Lipinski definition) is 4. The van der Waals surface area contributed by atoms with E-state index in [1.165, 1.54) is 6.07 Å². The number of halogens is 1. The van der Waals surface area contributed by atoms with Crippen LogP contribution in [0.1, 0.15) is 35.2 Å². The quantitative estimate of drug-likeness (QED) is 0.872. The Bertz CT molecular complexity index is 665. The normalized spacial score (nSPS) is 23.6. The lowest BCUT2D eigenvalue weighted by Crippen LogP contribution is -2.51. The average molecular weight is 335 g/mol. The van der Waals surface area contributed by atoms with Crippen molar-refractivity contribution in [3.05, 3.63) is 29.1 Å². The molecule has 1 aromatic carbocycles. The number of anilines is 1. The number of carbonyl (C=O) groups is 2. The molecule has 7 heteroatoms. The van der Waals surface area contributed by atoms with E-state index in [-0.39, 0.29) is 29.5 Å². The second kappa shape index (κ2) is 6.86. The van der Waals surface area contributed by atoms with Crippen LogP contribution in [0, 0.1) is 5.82 Å². The van der Waals surface area contributed by atoms with Crippen LogP contribution in [0.15, 0.2) is 12.1 Å². The summed E-state index contributed by atoms with van der Waals surface area (Å²) in [6, 6.07) is 2.63. The molecule has 2 unspecified atom stereocenters. The molecule has 130 valence electrons. The number of methoxy groups -OCH3 is 1. The van der Waals surface area contributed by atoms with Crippen LogP contribution in [0.4, 0.5) is 10.1 Å². The third-order valence-electron chi connectivity index (χ3n) is 4.85. The first-order valence-corrected chi connectivity index (χ1v) is 8.19. The fourth-order valence-corrected chi connectivity index (χ4v) is 3.44. The first-order valence-electron chi connectivity index (χ1n) is 8.19. The van der Waals surface area contributed by atoms with Gasteiger partial charge in [0.2, 0.25) is 5.91 Å². The lowest BCUT2D eigenvalue weighted by atomic mass is 9.96. The number of hydrogen-bond donors (Lipinski definition) is 2. The summed E-state index contributed by atoms with van der Waals surface area (Å²) in [5, 5.41) is 2.64. The predicted molar refractivity (Wildman–Crippen MR) is 87.3 cm³/mol. The topological polar surface area (TPSA) is 84.7 Å². The summed E-state index contributed by atoms with van der Waals surface area (Å²) in [7, 11) is 1.65. The van der Waals surface area contributed by atoms with Gasteiger partial charge in [-0.3, -0.25) is 9.59 Å². The van der Waals surface area contributed by atoms with Gasteiger partial charge in [-0.2, -0.15) is 0 Å². The molecule has 0 saturated carbocycles. The Kier molecular flexibility index (Phi) is 4.82. The van der Waals surface area contributed by atoms with E-state index in [1.807, 2.05) is 0 Å². The highest BCUT2D eigenvalue weighted by Gasteiger charge is 2.33. The molecule has 2 aliphatic rings. The number of piperidine rings is 1. The van der Waals surface area contributed by atoms with Crippen LogP contribution in [0.3, 0.4) is 0 Å². The average Bonchev–Trinajstić information content (AvgIpc) is 2.59. The summed E-state index contributed by atoms with van der Waals surface area (Å²) in [6.07, 6.45) is 2.29. The number of ether oxygens (including phenoxy) is 1. The maximum atomic E-state index is 14.4. The van der Waals surface area contributed by atoms with Crippen molar-refractivity contribution < 1.29 is 18.7 Å².